The Morgan fingerprint density at radius 2 is 1.33 bits per heavy atom. The van der Waals surface area contributed by atoms with Crippen LogP contribution < -0.4 is 0 Å². The van der Waals surface area contributed by atoms with E-state index in [1.54, 1.807) is 0 Å². The van der Waals surface area contributed by atoms with Gasteiger partial charge in [0.1, 0.15) is 0 Å². The zero-order valence-corrected chi connectivity index (χ0v) is 14.2. The zero-order valence-electron chi connectivity index (χ0n) is 3.65. The van der Waals surface area contributed by atoms with Crippen LogP contribution in [0.15, 0.2) is 6.58 Å². The van der Waals surface area contributed by atoms with Crippen LogP contribution in [-0.2, 0) is 0 Å². The molecule has 30 valence electrons. The fraction of sp³-hybridized carbons (Fsp3) is 0. The van der Waals surface area contributed by atoms with Crippen LogP contribution in [0.4, 0.5) is 0 Å². The third-order valence-corrected chi connectivity index (χ3v) is 0. The van der Waals surface area contributed by atoms with Crippen molar-refractivity contribution >= 4 is 0 Å². The van der Waals surface area contributed by atoms with E-state index in [0.717, 1.165) is 0 Å². The number of aliphatic hydroxyl groups is 1. The van der Waals surface area contributed by atoms with E-state index in [-0.39, 0.29) is 31.1 Å². The average molecular weight is 563 g/mol. The normalized spacial score (nSPS) is 1.67. The predicted molar refractivity (Wildman–Crippen MR) is 17.2 cm³/mol. The van der Waals surface area contributed by atoms with Gasteiger partial charge in [-0.1, -0.05) is 0 Å². The molecular formula is C3H6ORfU. The quantitative estimate of drug-likeness (QED) is 0.432. The number of aliphatic hydroxyl groups excluding tert-OH is 1. The molecule has 0 saturated carbocycles. The van der Waals surface area contributed by atoms with Crippen molar-refractivity contribution in [2.45, 2.75) is 0 Å². The largest absolute Gasteiger partial charge is 2.00 e. The second-order valence-corrected chi connectivity index (χ2v) is 0. The van der Waals surface area contributed by atoms with Gasteiger partial charge in [-0.2, -0.15) is 0 Å². The van der Waals surface area contributed by atoms with E-state index in [9.17, 15) is 0 Å². The Labute approximate surface area is 56.5 Å². The Morgan fingerprint density at radius 3 is 1.33 bits per heavy atom. The molecule has 0 bridgehead atoms. The number of rotatable bonds is 0. The first-order chi connectivity index (χ1) is 2.00. The molecule has 0 aliphatic rings. The molecule has 0 radical (unpaired) electrons. The Morgan fingerprint density at radius 1 is 1.33 bits per heavy atom. The molecule has 0 unspecified atom stereocenters. The van der Waals surface area contributed by atoms with E-state index in [4.69, 9.17) is 5.11 Å². The molecule has 1 N–H and O–H groups in total. The van der Waals surface area contributed by atoms with Crippen LogP contribution in [0.5, 0.6) is 0 Å². The Balaban J connectivity index is -0.00000000500. The second-order valence-electron chi connectivity index (χ2n) is 0. The summed E-state index contributed by atoms with van der Waals surface area (Å²) in [7, 11) is 2.25. The van der Waals surface area contributed by atoms with Crippen LogP contribution in [-0.4, -0.2) is 5.11 Å². The van der Waals surface area contributed by atoms with Crippen molar-refractivity contribution in [3.63, 3.8) is 0 Å². The fourth-order valence-corrected chi connectivity index (χ4v) is 0. The van der Waals surface area contributed by atoms with E-state index in [1.165, 1.54) is 0 Å². The Hall–Kier alpha value is -0.248. The van der Waals surface area contributed by atoms with Crippen molar-refractivity contribution in [1.29, 1.82) is 0 Å². The summed E-state index contributed by atoms with van der Waals surface area (Å²) in [5.74, 6) is 0. The van der Waals surface area contributed by atoms with Gasteiger partial charge in [0.25, 0.3) is 0 Å². The van der Waals surface area contributed by atoms with Crippen molar-refractivity contribution in [2.75, 3.05) is 0 Å². The standard InChI is InChI=1S/C2H3.CH3O.Rf.U/c2*1-2;;/h1H,2H2;2H,1H2;;/q2*-1;;+2. The molecule has 0 aliphatic heterocycles. The van der Waals surface area contributed by atoms with Crippen molar-refractivity contribution in [1.82, 2.24) is 0 Å². The summed E-state index contributed by atoms with van der Waals surface area (Å²) in [6.07, 6.45) is 0. The van der Waals surface area contributed by atoms with Crippen LogP contribution in [0.2, 0.25) is 0 Å². The van der Waals surface area contributed by atoms with Crippen LogP contribution in [0.3, 0.4) is 0 Å². The van der Waals surface area contributed by atoms with Gasteiger partial charge in [-0.05, 0) is 0 Å². The maximum Gasteiger partial charge on any atom is 2.00 e. The van der Waals surface area contributed by atoms with Gasteiger partial charge in [-0.3, -0.25) is 6.58 Å². The molecule has 0 rings (SSSR count). The Kier molecular flexibility index (Phi) is 7670. The monoisotopic (exact) mass is 563 g/mol. The zero-order chi connectivity index (χ0) is 4.00. The summed E-state index contributed by atoms with van der Waals surface area (Å²) in [4.78, 5) is 0. The van der Waals surface area contributed by atoms with E-state index in [1.807, 2.05) is 0 Å². The summed E-state index contributed by atoms with van der Waals surface area (Å²) >= 11 is 0. The first kappa shape index (κ1) is 42.3. The van der Waals surface area contributed by atoms with Gasteiger partial charge in [-0.15, -0.1) is 0 Å². The summed E-state index contributed by atoms with van der Waals surface area (Å²) in [5.41, 5.74) is 0. The summed E-state index contributed by atoms with van der Waals surface area (Å²) in [6, 6.07) is 0. The minimum atomic E-state index is 0. The van der Waals surface area contributed by atoms with Crippen molar-refractivity contribution in [3.05, 3.63) is 20.3 Å². The SMILES string of the molecule is [CH-]=C.[CH2-]O.[Rf].[U+2]. The van der Waals surface area contributed by atoms with Crippen molar-refractivity contribution in [3.8, 4) is 0 Å². The minimum absolute atomic E-state index is 0. The van der Waals surface area contributed by atoms with Gasteiger partial charge in [0.05, 0.1) is 0 Å². The number of hydrogen-bond acceptors (Lipinski definition) is 1. The van der Waals surface area contributed by atoms with Crippen molar-refractivity contribution in [2.24, 2.45) is 0 Å². The maximum atomic E-state index is 6.75. The summed E-state index contributed by atoms with van der Waals surface area (Å²) < 4.78 is 0. The van der Waals surface area contributed by atoms with Crippen LogP contribution in [0.25, 0.3) is 0 Å². The van der Waals surface area contributed by atoms with E-state index in [0.29, 0.717) is 0 Å². The maximum absolute atomic E-state index is 6.75. The van der Waals surface area contributed by atoms with Gasteiger partial charge in [0.2, 0.25) is 0 Å². The third kappa shape index (κ3) is 462. The van der Waals surface area contributed by atoms with Gasteiger partial charge in [0, 0.05) is 0 Å². The molecule has 3 heteroatoms. The molecule has 0 aromatic carbocycles. The number of hydrogen-bond donors (Lipinski definition) is 1. The average Bonchev–Trinajstić information content (AvgIpc) is 1.50. The molecule has 0 heterocycles. The molecule has 0 spiro atoms. The molecule has 0 saturated heterocycles. The molecule has 0 aromatic rings. The molecule has 0 amide bonds. The molecule has 0 aliphatic carbocycles. The topological polar surface area (TPSA) is 20.2 Å². The van der Waals surface area contributed by atoms with E-state index >= 15 is 0 Å². The fourth-order valence-electron chi connectivity index (χ4n) is 0. The molecule has 0 fully saturated rings. The molecule has 0 atom stereocenters. The second kappa shape index (κ2) is 1090. The van der Waals surface area contributed by atoms with Gasteiger partial charge < -0.3 is 11.7 Å². The molecule has 6 heavy (non-hydrogen) atoms. The smallest absolute Gasteiger partial charge is 0.569 e. The van der Waals surface area contributed by atoms with E-state index in [2.05, 4.69) is 20.3 Å². The van der Waals surface area contributed by atoms with Crippen LogP contribution in [0, 0.1) is 44.8 Å². The molecular weight excluding hydrogens is 557 g/mol. The van der Waals surface area contributed by atoms with Crippen LogP contribution in [0.1, 0.15) is 0 Å². The summed E-state index contributed by atoms with van der Waals surface area (Å²) in [6.45, 7) is 7.00. The van der Waals surface area contributed by atoms with Gasteiger partial charge >= 0.3 is 31.1 Å². The molecule has 1 nitrogen and oxygen atoms in total. The van der Waals surface area contributed by atoms with E-state index < -0.39 is 0 Å². The Bertz CT molecular complexity index is 10.8. The first-order valence-corrected chi connectivity index (χ1v) is 0.724. The first-order valence-electron chi connectivity index (χ1n) is 0.724. The van der Waals surface area contributed by atoms with Crippen molar-refractivity contribution < 1.29 is 36.2 Å². The van der Waals surface area contributed by atoms with Gasteiger partial charge in [0.15, 0.2) is 0 Å². The van der Waals surface area contributed by atoms with Gasteiger partial charge in [-0.25, -0.2) is 7.11 Å². The third-order valence-electron chi connectivity index (χ3n) is 0. The predicted octanol–water partition coefficient (Wildman–Crippen LogP) is 0.756. The minimum Gasteiger partial charge on any atom is -0.569 e. The molecule has 0 aromatic heterocycles. The van der Waals surface area contributed by atoms with Crippen LogP contribution >= 0.6 is 0 Å². The summed E-state index contributed by atoms with van der Waals surface area (Å²) in [5, 5.41) is 6.75.